The molecule has 0 saturated heterocycles. The van der Waals surface area contributed by atoms with Crippen LogP contribution in [0.4, 0.5) is 0 Å². The van der Waals surface area contributed by atoms with Crippen molar-refractivity contribution in [2.45, 2.75) is 39.0 Å². The number of carbonyl (C=O) groups excluding carboxylic acids is 1. The summed E-state index contributed by atoms with van der Waals surface area (Å²) in [5.41, 5.74) is 2.70. The molecular weight excluding hydrogens is 222 g/mol. The zero-order valence-electron chi connectivity index (χ0n) is 10.2. The number of carbonyl (C=O) groups is 1. The van der Waals surface area contributed by atoms with Crippen LogP contribution in [0.25, 0.3) is 0 Å². The van der Waals surface area contributed by atoms with E-state index in [4.69, 9.17) is 0 Å². The number of aliphatic hydroxyl groups excluding tert-OH is 1. The molecule has 0 spiro atoms. The van der Waals surface area contributed by atoms with Crippen molar-refractivity contribution in [1.29, 1.82) is 0 Å². The number of H-pyrrole nitrogens is 1. The molecule has 4 heteroatoms. The number of nitrogens with one attached hydrogen (secondary N) is 1. The summed E-state index contributed by atoms with van der Waals surface area (Å²) >= 11 is 1.49. The minimum atomic E-state index is -0.383. The molecule has 1 aromatic rings. The summed E-state index contributed by atoms with van der Waals surface area (Å²) in [4.78, 5) is 15.0. The van der Waals surface area contributed by atoms with Gasteiger partial charge in [0.1, 0.15) is 0 Å². The van der Waals surface area contributed by atoms with E-state index in [1.54, 1.807) is 6.92 Å². The molecule has 0 fully saturated rings. The quantitative estimate of drug-likeness (QED) is 0.778. The van der Waals surface area contributed by atoms with Gasteiger partial charge in [-0.05, 0) is 26.8 Å². The third-order valence-electron chi connectivity index (χ3n) is 2.61. The molecule has 0 aliphatic rings. The summed E-state index contributed by atoms with van der Waals surface area (Å²) in [6.45, 7) is 7.52. The van der Waals surface area contributed by atoms with Gasteiger partial charge in [-0.2, -0.15) is 0 Å². The molecule has 0 radical (unpaired) electrons. The van der Waals surface area contributed by atoms with Crippen molar-refractivity contribution < 1.29 is 9.90 Å². The lowest BCUT2D eigenvalue weighted by Gasteiger charge is -2.13. The molecule has 3 nitrogen and oxygen atoms in total. The summed E-state index contributed by atoms with van der Waals surface area (Å²) in [7, 11) is 0. The molecule has 0 saturated carbocycles. The molecule has 2 N–H and O–H groups in total. The van der Waals surface area contributed by atoms with Crippen molar-refractivity contribution in [2.24, 2.45) is 0 Å². The molecule has 0 aromatic carbocycles. The van der Waals surface area contributed by atoms with Crippen LogP contribution in [0.1, 0.15) is 35.6 Å². The highest BCUT2D eigenvalue weighted by Gasteiger charge is 2.15. The molecule has 16 heavy (non-hydrogen) atoms. The van der Waals surface area contributed by atoms with Crippen LogP contribution in [0.3, 0.4) is 0 Å². The van der Waals surface area contributed by atoms with Crippen molar-refractivity contribution in [3.8, 4) is 0 Å². The molecule has 0 aliphatic heterocycles. The Hall–Kier alpha value is -0.740. The predicted octanol–water partition coefficient (Wildman–Crippen LogP) is 2.32. The average Bonchev–Trinajstić information content (AvgIpc) is 2.53. The number of aromatic amines is 1. The first-order chi connectivity index (χ1) is 7.41. The lowest BCUT2D eigenvalue weighted by Crippen LogP contribution is -2.17. The Morgan fingerprint density at radius 2 is 2.12 bits per heavy atom. The van der Waals surface area contributed by atoms with Crippen LogP contribution < -0.4 is 0 Å². The normalized spacial score (nSPS) is 14.8. The second-order valence-corrected chi connectivity index (χ2v) is 5.54. The molecule has 0 aliphatic carbocycles. The van der Waals surface area contributed by atoms with Crippen molar-refractivity contribution in [3.63, 3.8) is 0 Å². The van der Waals surface area contributed by atoms with Crippen LogP contribution >= 0.6 is 11.8 Å². The van der Waals surface area contributed by atoms with Crippen molar-refractivity contribution in [1.82, 2.24) is 4.98 Å². The van der Waals surface area contributed by atoms with Gasteiger partial charge in [0.15, 0.2) is 5.78 Å². The van der Waals surface area contributed by atoms with Crippen molar-refractivity contribution in [2.75, 3.05) is 5.75 Å². The second-order valence-electron chi connectivity index (χ2n) is 4.17. The van der Waals surface area contributed by atoms with Gasteiger partial charge in [-0.1, -0.05) is 6.92 Å². The Kier molecular flexibility index (Phi) is 4.62. The number of thioether (sulfide) groups is 1. The summed E-state index contributed by atoms with van der Waals surface area (Å²) in [5, 5.41) is 9.41. The Balaban J connectivity index is 2.56. The minimum absolute atomic E-state index is 0.0873. The van der Waals surface area contributed by atoms with Gasteiger partial charge < -0.3 is 10.1 Å². The van der Waals surface area contributed by atoms with Crippen LogP contribution in [-0.2, 0) is 0 Å². The van der Waals surface area contributed by atoms with E-state index in [-0.39, 0.29) is 17.1 Å². The maximum Gasteiger partial charge on any atom is 0.174 e. The summed E-state index contributed by atoms with van der Waals surface area (Å²) in [5.74, 6) is 0.545. The smallest absolute Gasteiger partial charge is 0.174 e. The third-order valence-corrected chi connectivity index (χ3v) is 3.96. The number of aryl methyl sites for hydroxylation is 2. The number of aliphatic hydroxyl groups is 1. The van der Waals surface area contributed by atoms with Gasteiger partial charge in [-0.3, -0.25) is 4.79 Å². The summed E-state index contributed by atoms with van der Waals surface area (Å²) in [6.07, 6.45) is -0.383. The fourth-order valence-corrected chi connectivity index (χ4v) is 2.29. The van der Waals surface area contributed by atoms with Crippen LogP contribution in [0.5, 0.6) is 0 Å². The highest BCUT2D eigenvalue weighted by Crippen LogP contribution is 2.18. The number of hydrogen-bond donors (Lipinski definition) is 2. The van der Waals surface area contributed by atoms with Gasteiger partial charge in [-0.25, -0.2) is 0 Å². The maximum absolute atomic E-state index is 11.9. The van der Waals surface area contributed by atoms with Crippen LogP contribution in [-0.4, -0.2) is 33.0 Å². The zero-order chi connectivity index (χ0) is 12.3. The highest BCUT2D eigenvalue weighted by molar-refractivity contribution is 8.00. The van der Waals surface area contributed by atoms with Crippen LogP contribution in [0, 0.1) is 13.8 Å². The lowest BCUT2D eigenvalue weighted by atomic mass is 10.2. The second kappa shape index (κ2) is 5.55. The van der Waals surface area contributed by atoms with E-state index in [9.17, 15) is 9.90 Å². The number of aromatic nitrogens is 1. The monoisotopic (exact) mass is 241 g/mol. The Labute approximate surface area is 101 Å². The summed E-state index contributed by atoms with van der Waals surface area (Å²) < 4.78 is 0. The SMILES string of the molecule is Cc1cc(C(=O)CSC(C)C(C)O)c(C)[nH]1. The Morgan fingerprint density at radius 1 is 1.50 bits per heavy atom. The largest absolute Gasteiger partial charge is 0.392 e. The van der Waals surface area contributed by atoms with Crippen molar-refractivity contribution in [3.05, 3.63) is 23.0 Å². The third kappa shape index (κ3) is 3.39. The number of ketones is 1. The van der Waals surface area contributed by atoms with Gasteiger partial charge >= 0.3 is 0 Å². The fraction of sp³-hybridized carbons (Fsp3) is 0.583. The predicted molar refractivity (Wildman–Crippen MR) is 68.2 cm³/mol. The van der Waals surface area contributed by atoms with E-state index in [2.05, 4.69) is 4.98 Å². The number of Topliss-reactive ketones (excluding diaryl/α,β-unsaturated/α-hetero) is 1. The van der Waals surface area contributed by atoms with E-state index in [1.807, 2.05) is 26.8 Å². The molecule has 1 rings (SSSR count). The molecule has 0 bridgehead atoms. The van der Waals surface area contributed by atoms with Crippen LogP contribution in [0.2, 0.25) is 0 Å². The molecule has 1 aromatic heterocycles. The van der Waals surface area contributed by atoms with Gasteiger partial charge in [0.2, 0.25) is 0 Å². The van der Waals surface area contributed by atoms with Gasteiger partial charge in [0.25, 0.3) is 0 Å². The van der Waals surface area contributed by atoms with Crippen molar-refractivity contribution >= 4 is 17.5 Å². The Morgan fingerprint density at radius 3 is 2.56 bits per heavy atom. The molecule has 90 valence electrons. The molecule has 2 unspecified atom stereocenters. The maximum atomic E-state index is 11.9. The molecule has 2 atom stereocenters. The fourth-order valence-electron chi connectivity index (χ4n) is 1.44. The first-order valence-electron chi connectivity index (χ1n) is 5.41. The van der Waals surface area contributed by atoms with Crippen LogP contribution in [0.15, 0.2) is 6.07 Å². The minimum Gasteiger partial charge on any atom is -0.392 e. The number of rotatable bonds is 5. The van der Waals surface area contributed by atoms with Gasteiger partial charge in [0, 0.05) is 22.2 Å². The Bertz CT molecular complexity index is 371. The van der Waals surface area contributed by atoms with E-state index >= 15 is 0 Å². The highest BCUT2D eigenvalue weighted by atomic mass is 32.2. The average molecular weight is 241 g/mol. The topological polar surface area (TPSA) is 53.1 Å². The zero-order valence-corrected chi connectivity index (χ0v) is 11.0. The molecule has 1 heterocycles. The number of hydrogen-bond acceptors (Lipinski definition) is 3. The van der Waals surface area contributed by atoms with E-state index < -0.39 is 0 Å². The molecular formula is C12H19NO2S. The first-order valence-corrected chi connectivity index (χ1v) is 6.45. The first kappa shape index (κ1) is 13.3. The lowest BCUT2D eigenvalue weighted by molar-refractivity contribution is 0.102. The van der Waals surface area contributed by atoms with E-state index in [1.165, 1.54) is 11.8 Å². The van der Waals surface area contributed by atoms with Gasteiger partial charge in [0.05, 0.1) is 11.9 Å². The van der Waals surface area contributed by atoms with Gasteiger partial charge in [-0.15, -0.1) is 11.8 Å². The van der Waals surface area contributed by atoms with E-state index in [0.29, 0.717) is 5.75 Å². The summed E-state index contributed by atoms with van der Waals surface area (Å²) in [6, 6.07) is 1.88. The standard InChI is InChI=1S/C12H19NO2S/c1-7-5-11(8(2)13-7)12(15)6-16-10(4)9(3)14/h5,9-10,13-14H,6H2,1-4H3. The molecule has 0 amide bonds. The van der Waals surface area contributed by atoms with E-state index in [0.717, 1.165) is 17.0 Å².